The van der Waals surface area contributed by atoms with Crippen LogP contribution < -0.4 is 10.1 Å². The Morgan fingerprint density at radius 2 is 2.10 bits per heavy atom. The smallest absolute Gasteiger partial charge is 0.131 e. The number of benzene rings is 1. The van der Waals surface area contributed by atoms with Gasteiger partial charge in [0.15, 0.2) is 0 Å². The van der Waals surface area contributed by atoms with Crippen LogP contribution in [0.5, 0.6) is 5.75 Å². The maximum atomic E-state index is 8.86. The molecule has 21 heavy (non-hydrogen) atoms. The number of hydrogen-bond donors (Lipinski definition) is 2. The van der Waals surface area contributed by atoms with Crippen molar-refractivity contribution in [2.75, 3.05) is 6.61 Å². The van der Waals surface area contributed by atoms with Crippen LogP contribution in [0.15, 0.2) is 29.6 Å². The van der Waals surface area contributed by atoms with Crippen molar-refractivity contribution < 1.29 is 9.84 Å². The fourth-order valence-corrected chi connectivity index (χ4v) is 2.52. The molecule has 0 aliphatic heterocycles. The van der Waals surface area contributed by atoms with Crippen LogP contribution in [0.25, 0.3) is 0 Å². The average molecular weight is 306 g/mol. The zero-order valence-corrected chi connectivity index (χ0v) is 13.3. The van der Waals surface area contributed by atoms with E-state index in [0.29, 0.717) is 12.6 Å². The second kappa shape index (κ2) is 8.12. The normalized spacial score (nSPS) is 12.3. The topological polar surface area (TPSA) is 54.4 Å². The lowest BCUT2D eigenvalue weighted by Gasteiger charge is -2.12. The van der Waals surface area contributed by atoms with Gasteiger partial charge in [-0.05, 0) is 38.0 Å². The number of nitrogens with zero attached hydrogens (tertiary/aromatic N) is 1. The van der Waals surface area contributed by atoms with Crippen molar-refractivity contribution in [1.29, 1.82) is 0 Å². The standard InChI is InChI=1S/C16H22N2O2S/c1-12(7-8-19)17-9-14-3-5-16(6-4-14)20-10-15-11-21-13(2)18-15/h3-6,11-12,17,19H,7-10H2,1-2H3. The minimum atomic E-state index is 0.219. The molecule has 0 aliphatic carbocycles. The molecule has 1 atom stereocenters. The highest BCUT2D eigenvalue weighted by Gasteiger charge is 2.02. The first-order valence-electron chi connectivity index (χ1n) is 7.14. The number of hydrogen-bond acceptors (Lipinski definition) is 5. The summed E-state index contributed by atoms with van der Waals surface area (Å²) in [6, 6.07) is 8.39. The number of rotatable bonds is 8. The predicted molar refractivity (Wildman–Crippen MR) is 85.6 cm³/mol. The first-order valence-corrected chi connectivity index (χ1v) is 8.02. The van der Waals surface area contributed by atoms with Gasteiger partial charge in [-0.2, -0.15) is 0 Å². The molecule has 0 aliphatic rings. The molecule has 2 N–H and O–H groups in total. The highest BCUT2D eigenvalue weighted by Crippen LogP contribution is 2.15. The third kappa shape index (κ3) is 5.46. The SMILES string of the molecule is Cc1nc(COc2ccc(CNC(C)CCO)cc2)cs1. The Hall–Kier alpha value is -1.43. The van der Waals surface area contributed by atoms with Crippen molar-refractivity contribution in [1.82, 2.24) is 10.3 Å². The molecule has 1 aromatic heterocycles. The lowest BCUT2D eigenvalue weighted by atomic mass is 10.2. The second-order valence-electron chi connectivity index (χ2n) is 5.08. The summed E-state index contributed by atoms with van der Waals surface area (Å²) >= 11 is 1.64. The summed E-state index contributed by atoms with van der Waals surface area (Å²) < 4.78 is 5.72. The van der Waals surface area contributed by atoms with E-state index in [4.69, 9.17) is 9.84 Å². The number of aliphatic hydroxyl groups excluding tert-OH is 1. The van der Waals surface area contributed by atoms with Gasteiger partial charge < -0.3 is 15.2 Å². The van der Waals surface area contributed by atoms with Crippen molar-refractivity contribution in [3.8, 4) is 5.75 Å². The molecule has 5 heteroatoms. The summed E-state index contributed by atoms with van der Waals surface area (Å²) in [5.74, 6) is 0.854. The van der Waals surface area contributed by atoms with Gasteiger partial charge in [0.25, 0.3) is 0 Å². The lowest BCUT2D eigenvalue weighted by molar-refractivity contribution is 0.268. The van der Waals surface area contributed by atoms with Crippen LogP contribution in [0.2, 0.25) is 0 Å². The lowest BCUT2D eigenvalue weighted by Crippen LogP contribution is -2.26. The number of aromatic nitrogens is 1. The van der Waals surface area contributed by atoms with Crippen LogP contribution in [0.4, 0.5) is 0 Å². The van der Waals surface area contributed by atoms with E-state index in [9.17, 15) is 0 Å². The molecule has 0 radical (unpaired) electrons. The number of aliphatic hydroxyl groups is 1. The van der Waals surface area contributed by atoms with Gasteiger partial charge in [-0.1, -0.05) is 12.1 Å². The molecular formula is C16H22N2O2S. The summed E-state index contributed by atoms with van der Waals surface area (Å²) in [6.45, 7) is 5.59. The van der Waals surface area contributed by atoms with Gasteiger partial charge in [-0.3, -0.25) is 0 Å². The van der Waals surface area contributed by atoms with Gasteiger partial charge in [0.2, 0.25) is 0 Å². The molecule has 1 aromatic carbocycles. The molecule has 2 aromatic rings. The van der Waals surface area contributed by atoms with Crippen LogP contribution in [0.3, 0.4) is 0 Å². The van der Waals surface area contributed by atoms with Crippen LogP contribution in [0.1, 0.15) is 29.6 Å². The molecule has 0 saturated heterocycles. The van der Waals surface area contributed by atoms with Crippen LogP contribution in [-0.4, -0.2) is 22.7 Å². The van der Waals surface area contributed by atoms with Crippen molar-refractivity contribution in [3.05, 3.63) is 45.9 Å². The minimum Gasteiger partial charge on any atom is -0.487 e. The Kier molecular flexibility index (Phi) is 6.17. The molecule has 0 saturated carbocycles. The first kappa shape index (κ1) is 15.9. The van der Waals surface area contributed by atoms with Crippen LogP contribution in [-0.2, 0) is 13.2 Å². The fourth-order valence-electron chi connectivity index (χ4n) is 1.92. The van der Waals surface area contributed by atoms with E-state index in [0.717, 1.165) is 29.4 Å². The molecule has 2 rings (SSSR count). The number of ether oxygens (including phenoxy) is 1. The van der Waals surface area contributed by atoms with Gasteiger partial charge in [0, 0.05) is 24.6 Å². The summed E-state index contributed by atoms with van der Waals surface area (Å²) in [7, 11) is 0. The number of nitrogens with one attached hydrogen (secondary N) is 1. The van der Waals surface area contributed by atoms with E-state index in [1.807, 2.05) is 24.4 Å². The number of thiazole rings is 1. The molecule has 114 valence electrons. The Bertz CT molecular complexity index is 539. The first-order chi connectivity index (χ1) is 10.2. The fraction of sp³-hybridized carbons (Fsp3) is 0.438. The molecule has 0 spiro atoms. The zero-order chi connectivity index (χ0) is 15.1. The predicted octanol–water partition coefficient (Wildman–Crippen LogP) is 2.89. The van der Waals surface area contributed by atoms with Gasteiger partial charge in [-0.25, -0.2) is 4.98 Å². The van der Waals surface area contributed by atoms with Gasteiger partial charge >= 0.3 is 0 Å². The quantitative estimate of drug-likeness (QED) is 0.787. The minimum absolute atomic E-state index is 0.219. The molecule has 1 heterocycles. The maximum absolute atomic E-state index is 8.86. The second-order valence-corrected chi connectivity index (χ2v) is 6.15. The maximum Gasteiger partial charge on any atom is 0.131 e. The molecule has 1 unspecified atom stereocenters. The Balaban J connectivity index is 1.78. The summed E-state index contributed by atoms with van der Waals surface area (Å²) in [6.07, 6.45) is 0.772. The third-order valence-corrected chi connectivity index (χ3v) is 4.02. The molecule has 0 fully saturated rings. The average Bonchev–Trinajstić information content (AvgIpc) is 2.90. The molecule has 0 amide bonds. The largest absolute Gasteiger partial charge is 0.487 e. The van der Waals surface area contributed by atoms with E-state index >= 15 is 0 Å². The Morgan fingerprint density at radius 1 is 1.33 bits per heavy atom. The van der Waals surface area contributed by atoms with Crippen molar-refractivity contribution in [2.24, 2.45) is 0 Å². The van der Waals surface area contributed by atoms with E-state index < -0.39 is 0 Å². The highest BCUT2D eigenvalue weighted by molar-refractivity contribution is 7.09. The van der Waals surface area contributed by atoms with Crippen molar-refractivity contribution in [3.63, 3.8) is 0 Å². The summed E-state index contributed by atoms with van der Waals surface area (Å²) in [5.41, 5.74) is 2.18. The number of aryl methyl sites for hydroxylation is 1. The zero-order valence-electron chi connectivity index (χ0n) is 12.5. The summed E-state index contributed by atoms with van der Waals surface area (Å²) in [5, 5.41) is 15.3. The van der Waals surface area contributed by atoms with E-state index in [1.54, 1.807) is 11.3 Å². The van der Waals surface area contributed by atoms with Crippen molar-refractivity contribution in [2.45, 2.75) is 39.5 Å². The third-order valence-electron chi connectivity index (χ3n) is 3.19. The monoisotopic (exact) mass is 306 g/mol. The summed E-state index contributed by atoms with van der Waals surface area (Å²) in [4.78, 5) is 4.37. The molecule has 4 nitrogen and oxygen atoms in total. The highest BCUT2D eigenvalue weighted by atomic mass is 32.1. The van der Waals surface area contributed by atoms with Gasteiger partial charge in [0.1, 0.15) is 12.4 Å². The van der Waals surface area contributed by atoms with Gasteiger partial charge in [0.05, 0.1) is 10.7 Å². The molecular weight excluding hydrogens is 284 g/mol. The van der Waals surface area contributed by atoms with Crippen molar-refractivity contribution >= 4 is 11.3 Å². The van der Waals surface area contributed by atoms with Gasteiger partial charge in [-0.15, -0.1) is 11.3 Å². The van der Waals surface area contributed by atoms with E-state index in [2.05, 4.69) is 29.4 Å². The van der Waals surface area contributed by atoms with E-state index in [1.165, 1.54) is 5.56 Å². The Morgan fingerprint density at radius 3 is 2.71 bits per heavy atom. The Labute approximate surface area is 129 Å². The van der Waals surface area contributed by atoms with Crippen LogP contribution in [0, 0.1) is 6.92 Å². The van der Waals surface area contributed by atoms with E-state index in [-0.39, 0.29) is 6.61 Å². The van der Waals surface area contributed by atoms with Crippen LogP contribution >= 0.6 is 11.3 Å². The molecule has 0 bridgehead atoms.